The van der Waals surface area contributed by atoms with Gasteiger partial charge in [0.25, 0.3) is 5.91 Å². The maximum absolute atomic E-state index is 12.9. The summed E-state index contributed by atoms with van der Waals surface area (Å²) in [7, 11) is 1.64. The molecule has 1 atom stereocenters. The van der Waals surface area contributed by atoms with Gasteiger partial charge < -0.3 is 14.8 Å². The molecule has 1 amide bonds. The van der Waals surface area contributed by atoms with Crippen molar-refractivity contribution in [3.05, 3.63) is 45.7 Å². The number of amides is 1. The molecule has 134 valence electrons. The summed E-state index contributed by atoms with van der Waals surface area (Å²) < 4.78 is 23.7. The molecular weight excluding hydrogens is 343 g/mol. The lowest BCUT2D eigenvalue weighted by molar-refractivity contribution is 0.0887. The number of hydrogen-bond acceptors (Lipinski definition) is 5. The van der Waals surface area contributed by atoms with Crippen LogP contribution >= 0.6 is 11.3 Å². The molecule has 1 aliphatic carbocycles. The zero-order valence-electron chi connectivity index (χ0n) is 14.3. The Hall–Kier alpha value is -1.99. The van der Waals surface area contributed by atoms with E-state index in [1.165, 1.54) is 23.5 Å². The van der Waals surface area contributed by atoms with Gasteiger partial charge in [-0.25, -0.2) is 9.37 Å². The predicted octanol–water partition coefficient (Wildman–Crippen LogP) is 3.32. The van der Waals surface area contributed by atoms with E-state index in [1.54, 1.807) is 19.2 Å². The Bertz CT molecular complexity index is 728. The smallest absolute Gasteiger partial charge is 0.263 e. The van der Waals surface area contributed by atoms with E-state index in [1.807, 2.05) is 6.92 Å². The minimum atomic E-state index is -0.308. The van der Waals surface area contributed by atoms with Crippen LogP contribution in [-0.2, 0) is 11.3 Å². The van der Waals surface area contributed by atoms with Gasteiger partial charge in [0, 0.05) is 7.11 Å². The second-order valence-corrected chi connectivity index (χ2v) is 7.22. The highest BCUT2D eigenvalue weighted by atomic mass is 32.1. The lowest BCUT2D eigenvalue weighted by Crippen LogP contribution is -2.39. The Morgan fingerprint density at radius 1 is 1.40 bits per heavy atom. The number of rotatable bonds is 8. The first-order chi connectivity index (χ1) is 12.1. The second kappa shape index (κ2) is 7.93. The first kappa shape index (κ1) is 17.8. The van der Waals surface area contributed by atoms with E-state index in [2.05, 4.69) is 10.3 Å². The van der Waals surface area contributed by atoms with Gasteiger partial charge >= 0.3 is 0 Å². The zero-order valence-corrected chi connectivity index (χ0v) is 15.1. The normalized spacial score (nSPS) is 15.0. The lowest BCUT2D eigenvalue weighted by atomic mass is 10.2. The maximum Gasteiger partial charge on any atom is 0.263 e. The summed E-state index contributed by atoms with van der Waals surface area (Å²) in [5.41, 5.74) is 0.687. The molecule has 1 N–H and O–H groups in total. The fourth-order valence-corrected chi connectivity index (χ4v) is 3.49. The van der Waals surface area contributed by atoms with Crippen molar-refractivity contribution in [1.29, 1.82) is 0 Å². The van der Waals surface area contributed by atoms with Crippen molar-refractivity contribution in [2.45, 2.75) is 32.4 Å². The van der Waals surface area contributed by atoms with Crippen LogP contribution < -0.4 is 10.1 Å². The van der Waals surface area contributed by atoms with E-state index >= 15 is 0 Å². The number of methoxy groups -OCH3 is 1. The molecule has 25 heavy (non-hydrogen) atoms. The zero-order chi connectivity index (χ0) is 17.8. The van der Waals surface area contributed by atoms with E-state index < -0.39 is 0 Å². The molecule has 7 heteroatoms. The number of halogens is 1. The quantitative estimate of drug-likeness (QED) is 0.781. The third kappa shape index (κ3) is 4.76. The number of hydrogen-bond donors (Lipinski definition) is 1. The fraction of sp³-hybridized carbons (Fsp3) is 0.444. The summed E-state index contributed by atoms with van der Waals surface area (Å²) in [5.74, 6) is 0.655. The number of ether oxygens (including phenoxy) is 2. The molecule has 1 saturated carbocycles. The van der Waals surface area contributed by atoms with Crippen LogP contribution in [0.2, 0.25) is 0 Å². The molecule has 1 aromatic heterocycles. The van der Waals surface area contributed by atoms with Crippen LogP contribution in [0, 0.1) is 18.7 Å². The molecule has 1 fully saturated rings. The van der Waals surface area contributed by atoms with Crippen molar-refractivity contribution < 1.29 is 18.7 Å². The molecule has 0 spiro atoms. The van der Waals surface area contributed by atoms with Crippen LogP contribution in [0.25, 0.3) is 0 Å². The van der Waals surface area contributed by atoms with E-state index in [9.17, 15) is 9.18 Å². The SMILES string of the molecule is COCC(NC(=O)c1sc(COc2ccc(F)cc2)nc1C)C1CC1. The Kier molecular flexibility index (Phi) is 5.65. The van der Waals surface area contributed by atoms with Crippen molar-refractivity contribution in [2.75, 3.05) is 13.7 Å². The highest BCUT2D eigenvalue weighted by molar-refractivity contribution is 7.13. The molecule has 0 aliphatic heterocycles. The Balaban J connectivity index is 1.60. The van der Waals surface area contributed by atoms with Crippen molar-refractivity contribution in [3.8, 4) is 5.75 Å². The molecule has 3 rings (SSSR count). The summed E-state index contributed by atoms with van der Waals surface area (Å²) in [6, 6.07) is 5.87. The number of carbonyl (C=O) groups excluding carboxylic acids is 1. The van der Waals surface area contributed by atoms with Gasteiger partial charge in [-0.2, -0.15) is 0 Å². The first-order valence-electron chi connectivity index (χ1n) is 8.21. The average Bonchev–Trinajstić information content (AvgIpc) is 3.37. The molecule has 0 bridgehead atoms. The molecule has 1 aromatic carbocycles. The highest BCUT2D eigenvalue weighted by Crippen LogP contribution is 2.33. The van der Waals surface area contributed by atoms with Gasteiger partial charge in [0.2, 0.25) is 0 Å². The number of aryl methyl sites for hydroxylation is 1. The van der Waals surface area contributed by atoms with Crippen molar-refractivity contribution in [1.82, 2.24) is 10.3 Å². The van der Waals surface area contributed by atoms with Gasteiger partial charge in [-0.3, -0.25) is 4.79 Å². The van der Waals surface area contributed by atoms with Gasteiger partial charge in [0.15, 0.2) is 0 Å². The summed E-state index contributed by atoms with van der Waals surface area (Å²) in [6.45, 7) is 2.58. The Morgan fingerprint density at radius 3 is 2.76 bits per heavy atom. The number of carbonyl (C=O) groups is 1. The van der Waals surface area contributed by atoms with Crippen molar-refractivity contribution in [3.63, 3.8) is 0 Å². The third-order valence-electron chi connectivity index (χ3n) is 4.08. The fourth-order valence-electron chi connectivity index (χ4n) is 2.61. The minimum Gasteiger partial charge on any atom is -0.486 e. The molecule has 0 saturated heterocycles. The Morgan fingerprint density at radius 2 is 2.12 bits per heavy atom. The predicted molar refractivity (Wildman–Crippen MR) is 93.4 cm³/mol. The minimum absolute atomic E-state index is 0.0536. The van der Waals surface area contributed by atoms with Crippen LogP contribution in [0.5, 0.6) is 5.75 Å². The molecule has 1 heterocycles. The second-order valence-electron chi connectivity index (χ2n) is 6.14. The Labute approximate surface area is 150 Å². The summed E-state index contributed by atoms with van der Waals surface area (Å²) in [5, 5.41) is 3.76. The topological polar surface area (TPSA) is 60.5 Å². The largest absolute Gasteiger partial charge is 0.486 e. The van der Waals surface area contributed by atoms with E-state index in [-0.39, 0.29) is 24.4 Å². The van der Waals surface area contributed by atoms with Crippen LogP contribution in [0.15, 0.2) is 24.3 Å². The van der Waals surface area contributed by atoms with Crippen molar-refractivity contribution >= 4 is 17.2 Å². The number of thiazole rings is 1. The number of aromatic nitrogens is 1. The number of nitrogens with one attached hydrogen (secondary N) is 1. The van der Waals surface area contributed by atoms with Gasteiger partial charge in [-0.1, -0.05) is 0 Å². The third-order valence-corrected chi connectivity index (χ3v) is 5.21. The summed E-state index contributed by atoms with van der Waals surface area (Å²) in [4.78, 5) is 17.5. The standard InChI is InChI=1S/C18H21FN2O3S/c1-11-17(18(22)21-15(9-23-2)12-3-4-12)25-16(20-11)10-24-14-7-5-13(19)6-8-14/h5-8,12,15H,3-4,9-10H2,1-2H3,(H,21,22). The highest BCUT2D eigenvalue weighted by Gasteiger charge is 2.33. The van der Waals surface area contributed by atoms with E-state index in [0.29, 0.717) is 33.9 Å². The van der Waals surface area contributed by atoms with Gasteiger partial charge in [-0.15, -0.1) is 11.3 Å². The molecular formula is C18H21FN2O3S. The van der Waals surface area contributed by atoms with Gasteiger partial charge in [-0.05, 0) is 49.9 Å². The molecule has 1 unspecified atom stereocenters. The van der Waals surface area contributed by atoms with Gasteiger partial charge in [0.05, 0.1) is 18.3 Å². The average molecular weight is 364 g/mol. The van der Waals surface area contributed by atoms with Crippen molar-refractivity contribution in [2.24, 2.45) is 5.92 Å². The summed E-state index contributed by atoms with van der Waals surface area (Å²) in [6.07, 6.45) is 2.26. The van der Waals surface area contributed by atoms with Gasteiger partial charge in [0.1, 0.15) is 28.1 Å². The first-order valence-corrected chi connectivity index (χ1v) is 9.03. The van der Waals surface area contributed by atoms with Crippen LogP contribution in [0.3, 0.4) is 0 Å². The maximum atomic E-state index is 12.9. The van der Waals surface area contributed by atoms with E-state index in [0.717, 1.165) is 12.8 Å². The number of benzene rings is 1. The molecule has 2 aromatic rings. The van der Waals surface area contributed by atoms with Crippen LogP contribution in [0.1, 0.15) is 33.2 Å². The van der Waals surface area contributed by atoms with E-state index in [4.69, 9.17) is 9.47 Å². The van der Waals surface area contributed by atoms with Crippen LogP contribution in [0.4, 0.5) is 4.39 Å². The summed E-state index contributed by atoms with van der Waals surface area (Å²) >= 11 is 1.32. The lowest BCUT2D eigenvalue weighted by Gasteiger charge is -2.16. The monoisotopic (exact) mass is 364 g/mol. The number of nitrogens with zero attached hydrogens (tertiary/aromatic N) is 1. The molecule has 0 radical (unpaired) electrons. The molecule has 5 nitrogen and oxygen atoms in total. The molecule has 1 aliphatic rings. The van der Waals surface area contributed by atoms with Crippen LogP contribution in [-0.4, -0.2) is 30.6 Å².